The number of hydrogen-bond acceptors (Lipinski definition) is 3. The van der Waals surface area contributed by atoms with Crippen LogP contribution in [0.4, 0.5) is 8.78 Å². The second-order valence-electron chi connectivity index (χ2n) is 6.28. The summed E-state index contributed by atoms with van der Waals surface area (Å²) in [5.74, 6) is -0.738. The summed E-state index contributed by atoms with van der Waals surface area (Å²) in [7, 11) is 1.75. The molecule has 2 heterocycles. The molecule has 0 saturated carbocycles. The molecule has 1 fully saturated rings. The van der Waals surface area contributed by atoms with Gasteiger partial charge in [0, 0.05) is 51.2 Å². The van der Waals surface area contributed by atoms with E-state index >= 15 is 0 Å². The number of piperazine rings is 1. The van der Waals surface area contributed by atoms with Crippen LogP contribution in [-0.2, 0) is 13.0 Å². The van der Waals surface area contributed by atoms with E-state index in [1.54, 1.807) is 24.5 Å². The van der Waals surface area contributed by atoms with Gasteiger partial charge in [-0.3, -0.25) is 9.89 Å². The number of guanidine groups is 1. The molecule has 1 saturated heterocycles. The zero-order valence-corrected chi connectivity index (χ0v) is 15.7. The fourth-order valence-corrected chi connectivity index (χ4v) is 3.87. The molecule has 1 aliphatic rings. The Morgan fingerprint density at radius 1 is 1.15 bits per heavy atom. The van der Waals surface area contributed by atoms with Crippen LogP contribution in [0.3, 0.4) is 0 Å². The Labute approximate surface area is 157 Å². The lowest BCUT2D eigenvalue weighted by atomic mass is 10.1. The molecule has 1 N–H and O–H groups in total. The van der Waals surface area contributed by atoms with Crippen molar-refractivity contribution in [2.24, 2.45) is 4.99 Å². The predicted molar refractivity (Wildman–Crippen MR) is 103 cm³/mol. The second-order valence-corrected chi connectivity index (χ2v) is 7.31. The van der Waals surface area contributed by atoms with Gasteiger partial charge in [-0.2, -0.15) is 0 Å². The highest BCUT2D eigenvalue weighted by Crippen LogP contribution is 2.14. The summed E-state index contributed by atoms with van der Waals surface area (Å²) in [6.07, 6.45) is 0.418. The topological polar surface area (TPSA) is 30.9 Å². The SMILES string of the molecule is CN=C(NCCc1cccc(F)c1F)N1CCN(Cc2cccs2)CC1. The van der Waals surface area contributed by atoms with Crippen LogP contribution in [0, 0.1) is 11.6 Å². The first-order chi connectivity index (χ1) is 12.7. The summed E-state index contributed by atoms with van der Waals surface area (Å²) in [6.45, 7) is 5.28. The maximum absolute atomic E-state index is 13.7. The van der Waals surface area contributed by atoms with Gasteiger partial charge < -0.3 is 10.2 Å². The second kappa shape index (κ2) is 9.09. The molecule has 0 spiro atoms. The van der Waals surface area contributed by atoms with Crippen molar-refractivity contribution in [2.45, 2.75) is 13.0 Å². The minimum atomic E-state index is -0.797. The van der Waals surface area contributed by atoms with Crippen LogP contribution in [0.15, 0.2) is 40.7 Å². The molecule has 26 heavy (non-hydrogen) atoms. The Morgan fingerprint density at radius 3 is 2.65 bits per heavy atom. The Bertz CT molecular complexity index is 725. The van der Waals surface area contributed by atoms with E-state index in [4.69, 9.17) is 0 Å². The molecule has 0 aliphatic carbocycles. The van der Waals surface area contributed by atoms with Crippen molar-refractivity contribution in [3.63, 3.8) is 0 Å². The highest BCUT2D eigenvalue weighted by Gasteiger charge is 2.19. The van der Waals surface area contributed by atoms with Crippen LogP contribution < -0.4 is 5.32 Å². The van der Waals surface area contributed by atoms with Gasteiger partial charge in [-0.1, -0.05) is 18.2 Å². The molecule has 0 unspecified atom stereocenters. The van der Waals surface area contributed by atoms with Crippen molar-refractivity contribution in [3.05, 3.63) is 57.8 Å². The van der Waals surface area contributed by atoms with Gasteiger partial charge in [0.25, 0.3) is 0 Å². The Kier molecular flexibility index (Phi) is 6.57. The predicted octanol–water partition coefficient (Wildman–Crippen LogP) is 2.96. The van der Waals surface area contributed by atoms with Gasteiger partial charge in [0.1, 0.15) is 0 Å². The zero-order chi connectivity index (χ0) is 18.4. The number of aliphatic imine (C=N–C) groups is 1. The van der Waals surface area contributed by atoms with Gasteiger partial charge in [0.05, 0.1) is 0 Å². The van der Waals surface area contributed by atoms with Crippen LogP contribution in [0.5, 0.6) is 0 Å². The molecule has 140 valence electrons. The zero-order valence-electron chi connectivity index (χ0n) is 14.9. The van der Waals surface area contributed by atoms with E-state index in [0.29, 0.717) is 18.5 Å². The molecule has 1 aliphatic heterocycles. The molecule has 2 aromatic rings. The standard InChI is InChI=1S/C19H24F2N4S/c1-22-19(23-8-7-15-4-2-6-17(20)18(15)21)25-11-9-24(10-12-25)14-16-5-3-13-26-16/h2-6,13H,7-12,14H2,1H3,(H,22,23). The average molecular weight is 378 g/mol. The van der Waals surface area contributed by atoms with Crippen molar-refractivity contribution in [3.8, 4) is 0 Å². The summed E-state index contributed by atoms with van der Waals surface area (Å²) >= 11 is 1.79. The van der Waals surface area contributed by atoms with E-state index in [-0.39, 0.29) is 0 Å². The highest BCUT2D eigenvalue weighted by molar-refractivity contribution is 7.09. The normalized spacial score (nSPS) is 16.1. The van der Waals surface area contributed by atoms with Gasteiger partial charge >= 0.3 is 0 Å². The van der Waals surface area contributed by atoms with E-state index < -0.39 is 11.6 Å². The molecule has 0 radical (unpaired) electrons. The third-order valence-corrected chi connectivity index (χ3v) is 5.41. The molecule has 3 rings (SSSR count). The van der Waals surface area contributed by atoms with Crippen molar-refractivity contribution < 1.29 is 8.78 Å². The first kappa shape index (κ1) is 18.8. The molecular formula is C19H24F2N4S. The summed E-state index contributed by atoms with van der Waals surface area (Å²) < 4.78 is 27.0. The van der Waals surface area contributed by atoms with E-state index in [2.05, 4.69) is 37.6 Å². The number of nitrogens with one attached hydrogen (secondary N) is 1. The number of thiophene rings is 1. The lowest BCUT2D eigenvalue weighted by Crippen LogP contribution is -2.52. The summed E-state index contributed by atoms with van der Waals surface area (Å²) in [5.41, 5.74) is 0.383. The minimum absolute atomic E-state index is 0.383. The summed E-state index contributed by atoms with van der Waals surface area (Å²) in [5, 5.41) is 5.37. The van der Waals surface area contributed by atoms with Crippen molar-refractivity contribution in [2.75, 3.05) is 39.8 Å². The van der Waals surface area contributed by atoms with Crippen LogP contribution in [0.2, 0.25) is 0 Å². The number of benzene rings is 1. The quantitative estimate of drug-likeness (QED) is 0.641. The van der Waals surface area contributed by atoms with E-state index in [0.717, 1.165) is 44.7 Å². The monoisotopic (exact) mass is 378 g/mol. The lowest BCUT2D eigenvalue weighted by Gasteiger charge is -2.36. The summed E-state index contributed by atoms with van der Waals surface area (Å²) in [6, 6.07) is 8.55. The molecule has 0 atom stereocenters. The average Bonchev–Trinajstić information content (AvgIpc) is 3.16. The fourth-order valence-electron chi connectivity index (χ4n) is 3.12. The largest absolute Gasteiger partial charge is 0.356 e. The Hall–Kier alpha value is -1.99. The van der Waals surface area contributed by atoms with Crippen LogP contribution in [-0.4, -0.2) is 55.5 Å². The number of halogens is 2. The van der Waals surface area contributed by atoms with Gasteiger partial charge in [-0.15, -0.1) is 11.3 Å². The smallest absolute Gasteiger partial charge is 0.193 e. The first-order valence-corrected chi connectivity index (χ1v) is 9.68. The molecule has 0 amide bonds. The van der Waals surface area contributed by atoms with E-state index in [1.165, 1.54) is 10.9 Å². The summed E-state index contributed by atoms with van der Waals surface area (Å²) in [4.78, 5) is 10.4. The van der Waals surface area contributed by atoms with Crippen LogP contribution in [0.1, 0.15) is 10.4 Å². The molecule has 1 aromatic heterocycles. The minimum Gasteiger partial charge on any atom is -0.356 e. The maximum Gasteiger partial charge on any atom is 0.193 e. The number of nitrogens with zero attached hydrogens (tertiary/aromatic N) is 3. The van der Waals surface area contributed by atoms with Gasteiger partial charge in [-0.05, 0) is 29.5 Å². The van der Waals surface area contributed by atoms with E-state index in [9.17, 15) is 8.78 Å². The lowest BCUT2D eigenvalue weighted by molar-refractivity contribution is 0.174. The molecule has 7 heteroatoms. The Balaban J connectivity index is 1.45. The fraction of sp³-hybridized carbons (Fsp3) is 0.421. The molecule has 0 bridgehead atoms. The van der Waals surface area contributed by atoms with Gasteiger partial charge in [0.15, 0.2) is 17.6 Å². The van der Waals surface area contributed by atoms with Crippen molar-refractivity contribution in [1.82, 2.24) is 15.1 Å². The first-order valence-electron chi connectivity index (χ1n) is 8.80. The van der Waals surface area contributed by atoms with Gasteiger partial charge in [0.2, 0.25) is 0 Å². The maximum atomic E-state index is 13.7. The third kappa shape index (κ3) is 4.80. The third-order valence-electron chi connectivity index (χ3n) is 4.55. The molecule has 4 nitrogen and oxygen atoms in total. The van der Waals surface area contributed by atoms with Crippen molar-refractivity contribution >= 4 is 17.3 Å². The van der Waals surface area contributed by atoms with Gasteiger partial charge in [-0.25, -0.2) is 8.78 Å². The Morgan fingerprint density at radius 2 is 1.96 bits per heavy atom. The number of rotatable bonds is 5. The number of hydrogen-bond donors (Lipinski definition) is 1. The molecule has 1 aromatic carbocycles. The van der Waals surface area contributed by atoms with Crippen LogP contribution >= 0.6 is 11.3 Å². The highest BCUT2D eigenvalue weighted by atomic mass is 32.1. The van der Waals surface area contributed by atoms with E-state index in [1.807, 2.05) is 0 Å². The van der Waals surface area contributed by atoms with Crippen LogP contribution in [0.25, 0.3) is 0 Å². The molecular weight excluding hydrogens is 354 g/mol. The van der Waals surface area contributed by atoms with Crippen molar-refractivity contribution in [1.29, 1.82) is 0 Å².